The number of hydrogen-bond donors (Lipinski definition) is 1. The molecule has 0 spiro atoms. The van der Waals surface area contributed by atoms with E-state index in [4.69, 9.17) is 9.26 Å². The number of hydrogen-bond acceptors (Lipinski definition) is 6. The number of nitrogens with zero attached hydrogens (tertiary/aromatic N) is 3. The summed E-state index contributed by atoms with van der Waals surface area (Å²) in [5.41, 5.74) is 1.90. The van der Waals surface area contributed by atoms with Gasteiger partial charge in [-0.2, -0.15) is 4.98 Å². The lowest BCUT2D eigenvalue weighted by Crippen LogP contribution is -2.17. The Kier molecular flexibility index (Phi) is 5.18. The van der Waals surface area contributed by atoms with Gasteiger partial charge in [-0.1, -0.05) is 35.5 Å². The van der Waals surface area contributed by atoms with Gasteiger partial charge in [-0.25, -0.2) is 4.98 Å². The number of nitrogens with one attached hydrogen (secondary N) is 1. The van der Waals surface area contributed by atoms with Crippen LogP contribution in [0.15, 0.2) is 53.2 Å². The molecule has 0 saturated carbocycles. The molecule has 24 heavy (non-hydrogen) atoms. The molecule has 1 aromatic carbocycles. The molecule has 0 aliphatic rings. The smallest absolute Gasteiger partial charge is 0.261 e. The van der Waals surface area contributed by atoms with Crippen LogP contribution in [-0.2, 0) is 4.74 Å². The van der Waals surface area contributed by atoms with Gasteiger partial charge >= 0.3 is 0 Å². The molecule has 2 heterocycles. The topological polar surface area (TPSA) is 73.1 Å². The largest absolute Gasteiger partial charge is 0.372 e. The van der Waals surface area contributed by atoms with Gasteiger partial charge in [-0.15, -0.1) is 0 Å². The number of ether oxygens (including phenoxy) is 1. The van der Waals surface area contributed by atoms with Gasteiger partial charge in [0.15, 0.2) is 5.82 Å². The average Bonchev–Trinajstić information content (AvgIpc) is 3.06. The lowest BCUT2D eigenvalue weighted by molar-refractivity contribution is 0.0718. The van der Waals surface area contributed by atoms with Crippen molar-refractivity contribution in [1.82, 2.24) is 15.1 Å². The van der Waals surface area contributed by atoms with E-state index in [2.05, 4.69) is 32.6 Å². The summed E-state index contributed by atoms with van der Waals surface area (Å²) in [6.45, 7) is 5.01. The van der Waals surface area contributed by atoms with Crippen LogP contribution in [-0.4, -0.2) is 28.3 Å². The third-order valence-corrected chi connectivity index (χ3v) is 3.56. The molecule has 0 amide bonds. The van der Waals surface area contributed by atoms with E-state index in [1.165, 1.54) is 0 Å². The fourth-order valence-electron chi connectivity index (χ4n) is 2.46. The second kappa shape index (κ2) is 7.70. The van der Waals surface area contributed by atoms with Crippen LogP contribution in [0, 0.1) is 6.92 Å². The third kappa shape index (κ3) is 3.78. The minimum atomic E-state index is -0.0597. The normalized spacial score (nSPS) is 12.1. The van der Waals surface area contributed by atoms with Crippen molar-refractivity contribution in [2.24, 2.45) is 0 Å². The molecule has 0 aliphatic heterocycles. The lowest BCUT2D eigenvalue weighted by atomic mass is 10.1. The quantitative estimate of drug-likeness (QED) is 0.715. The maximum Gasteiger partial charge on any atom is 0.261 e. The summed E-state index contributed by atoms with van der Waals surface area (Å²) in [5, 5.41) is 7.18. The molecule has 6 heteroatoms. The van der Waals surface area contributed by atoms with Gasteiger partial charge in [-0.05, 0) is 31.5 Å². The fourth-order valence-corrected chi connectivity index (χ4v) is 2.46. The predicted octanol–water partition coefficient (Wildman–Crippen LogP) is 3.63. The number of pyridine rings is 1. The Bertz CT molecular complexity index is 773. The van der Waals surface area contributed by atoms with Gasteiger partial charge in [0.2, 0.25) is 0 Å². The van der Waals surface area contributed by atoms with Crippen molar-refractivity contribution >= 4 is 5.82 Å². The van der Waals surface area contributed by atoms with Crippen molar-refractivity contribution in [3.8, 4) is 11.5 Å². The van der Waals surface area contributed by atoms with Crippen LogP contribution < -0.4 is 5.32 Å². The van der Waals surface area contributed by atoms with Crippen molar-refractivity contribution in [3.05, 3.63) is 60.0 Å². The van der Waals surface area contributed by atoms with Crippen LogP contribution in [0.3, 0.4) is 0 Å². The molecule has 1 N–H and O–H groups in total. The summed E-state index contributed by atoms with van der Waals surface area (Å²) in [7, 11) is 0. The summed E-state index contributed by atoms with van der Waals surface area (Å²) >= 11 is 0. The molecular weight excluding hydrogens is 304 g/mol. The molecule has 0 bridgehead atoms. The van der Waals surface area contributed by atoms with Gasteiger partial charge in [0.25, 0.3) is 5.89 Å². The Balaban J connectivity index is 1.78. The molecule has 0 saturated heterocycles. The van der Waals surface area contributed by atoms with Crippen LogP contribution in [0.4, 0.5) is 5.82 Å². The molecule has 3 rings (SSSR count). The summed E-state index contributed by atoms with van der Waals surface area (Å²) in [4.78, 5) is 8.67. The minimum absolute atomic E-state index is 0.0597. The Morgan fingerprint density at radius 1 is 1.17 bits per heavy atom. The highest BCUT2D eigenvalue weighted by Crippen LogP contribution is 2.25. The van der Waals surface area contributed by atoms with Crippen LogP contribution in [0.25, 0.3) is 11.5 Å². The third-order valence-electron chi connectivity index (χ3n) is 3.56. The van der Waals surface area contributed by atoms with E-state index in [1.807, 2.05) is 37.3 Å². The highest BCUT2D eigenvalue weighted by atomic mass is 16.5. The Morgan fingerprint density at radius 2 is 2.00 bits per heavy atom. The van der Waals surface area contributed by atoms with Crippen molar-refractivity contribution in [2.75, 3.05) is 18.5 Å². The summed E-state index contributed by atoms with van der Waals surface area (Å²) in [6, 6.07) is 13.9. The standard InChI is InChI=1S/C18H20N4O2/c1-3-23-16(14-8-5-4-6-9-14)12-20-17-15(10-7-11-19-17)18-21-13(2)22-24-18/h4-11,16H,3,12H2,1-2H3,(H,19,20). The summed E-state index contributed by atoms with van der Waals surface area (Å²) in [6.07, 6.45) is 1.67. The molecule has 1 atom stereocenters. The van der Waals surface area contributed by atoms with Crippen molar-refractivity contribution in [1.29, 1.82) is 0 Å². The molecule has 1 unspecified atom stereocenters. The first-order chi connectivity index (χ1) is 11.8. The van der Waals surface area contributed by atoms with Gasteiger partial charge < -0.3 is 14.6 Å². The molecule has 2 aromatic heterocycles. The number of aromatic nitrogens is 3. The average molecular weight is 324 g/mol. The van der Waals surface area contributed by atoms with Crippen molar-refractivity contribution < 1.29 is 9.26 Å². The lowest BCUT2D eigenvalue weighted by Gasteiger charge is -2.19. The zero-order valence-electron chi connectivity index (χ0n) is 13.8. The number of aryl methyl sites for hydroxylation is 1. The molecule has 0 fully saturated rings. The molecule has 0 aliphatic carbocycles. The van der Waals surface area contributed by atoms with E-state index in [1.54, 1.807) is 13.1 Å². The number of benzene rings is 1. The van der Waals surface area contributed by atoms with Gasteiger partial charge in [0.05, 0.1) is 11.7 Å². The van der Waals surface area contributed by atoms with E-state index in [0.717, 1.165) is 11.1 Å². The molecule has 3 aromatic rings. The summed E-state index contributed by atoms with van der Waals surface area (Å²) in [5.74, 6) is 1.74. The highest BCUT2D eigenvalue weighted by molar-refractivity contribution is 5.68. The maximum absolute atomic E-state index is 5.86. The zero-order valence-corrected chi connectivity index (χ0v) is 13.8. The number of rotatable bonds is 7. The van der Waals surface area contributed by atoms with Gasteiger partial charge in [-0.3, -0.25) is 0 Å². The summed E-state index contributed by atoms with van der Waals surface area (Å²) < 4.78 is 11.1. The molecular formula is C18H20N4O2. The maximum atomic E-state index is 5.86. The van der Waals surface area contributed by atoms with E-state index in [-0.39, 0.29) is 6.10 Å². The second-order valence-electron chi connectivity index (χ2n) is 5.28. The van der Waals surface area contributed by atoms with Crippen molar-refractivity contribution in [3.63, 3.8) is 0 Å². The fraction of sp³-hybridized carbons (Fsp3) is 0.278. The van der Waals surface area contributed by atoms with E-state index < -0.39 is 0 Å². The van der Waals surface area contributed by atoms with Gasteiger partial charge in [0, 0.05) is 19.3 Å². The second-order valence-corrected chi connectivity index (χ2v) is 5.28. The molecule has 6 nitrogen and oxygen atoms in total. The van der Waals surface area contributed by atoms with Crippen LogP contribution in [0.1, 0.15) is 24.4 Å². The van der Waals surface area contributed by atoms with Crippen LogP contribution in [0.5, 0.6) is 0 Å². The predicted molar refractivity (Wildman–Crippen MR) is 91.6 cm³/mol. The van der Waals surface area contributed by atoms with E-state index >= 15 is 0 Å². The first kappa shape index (κ1) is 16.1. The first-order valence-electron chi connectivity index (χ1n) is 7.94. The van der Waals surface area contributed by atoms with Crippen LogP contribution in [0.2, 0.25) is 0 Å². The Morgan fingerprint density at radius 3 is 2.71 bits per heavy atom. The van der Waals surface area contributed by atoms with E-state index in [0.29, 0.717) is 30.7 Å². The van der Waals surface area contributed by atoms with Crippen molar-refractivity contribution in [2.45, 2.75) is 20.0 Å². The highest BCUT2D eigenvalue weighted by Gasteiger charge is 2.15. The zero-order chi connectivity index (χ0) is 16.8. The van der Waals surface area contributed by atoms with E-state index in [9.17, 15) is 0 Å². The molecule has 0 radical (unpaired) electrons. The SMILES string of the molecule is CCOC(CNc1ncccc1-c1nc(C)no1)c1ccccc1. The van der Waals surface area contributed by atoms with Crippen LogP contribution >= 0.6 is 0 Å². The minimum Gasteiger partial charge on any atom is -0.372 e. The Hall–Kier alpha value is -2.73. The Labute approximate surface area is 140 Å². The monoisotopic (exact) mass is 324 g/mol. The first-order valence-corrected chi connectivity index (χ1v) is 7.94. The van der Waals surface area contributed by atoms with Gasteiger partial charge in [0.1, 0.15) is 5.82 Å². The number of anilines is 1. The molecule has 124 valence electrons.